The summed E-state index contributed by atoms with van der Waals surface area (Å²) in [6.45, 7) is 1.78. The van der Waals surface area contributed by atoms with Crippen molar-refractivity contribution in [1.29, 1.82) is 0 Å². The molecule has 0 N–H and O–H groups in total. The fourth-order valence-corrected chi connectivity index (χ4v) is 5.95. The average Bonchev–Trinajstić information content (AvgIpc) is 3.21. The lowest BCUT2D eigenvalue weighted by atomic mass is 9.63. The maximum atomic E-state index is 12.5. The van der Waals surface area contributed by atoms with Crippen LogP contribution >= 0.6 is 0 Å². The zero-order chi connectivity index (χ0) is 14.8. The molecule has 0 aromatic heterocycles. The summed E-state index contributed by atoms with van der Waals surface area (Å²) in [5, 5.41) is 0. The van der Waals surface area contributed by atoms with E-state index in [1.807, 2.05) is 6.92 Å². The van der Waals surface area contributed by atoms with Crippen molar-refractivity contribution in [2.24, 2.45) is 40.9 Å². The van der Waals surface area contributed by atoms with Gasteiger partial charge in [0.2, 0.25) is 0 Å². The summed E-state index contributed by atoms with van der Waals surface area (Å²) in [4.78, 5) is 23.7. The van der Waals surface area contributed by atoms with Gasteiger partial charge < -0.3 is 9.47 Å². The van der Waals surface area contributed by atoms with E-state index in [1.54, 1.807) is 0 Å². The van der Waals surface area contributed by atoms with Crippen molar-refractivity contribution in [3.63, 3.8) is 0 Å². The molecule has 4 rings (SSSR count). The summed E-state index contributed by atoms with van der Waals surface area (Å²) in [6, 6.07) is 0. The van der Waals surface area contributed by atoms with Crippen molar-refractivity contribution in [1.82, 2.24) is 0 Å². The van der Waals surface area contributed by atoms with E-state index < -0.39 is 11.4 Å². The van der Waals surface area contributed by atoms with E-state index in [0.29, 0.717) is 23.7 Å². The Balaban J connectivity index is 1.51. The van der Waals surface area contributed by atoms with Gasteiger partial charge in [0.25, 0.3) is 0 Å². The summed E-state index contributed by atoms with van der Waals surface area (Å²) < 4.78 is 9.77. The number of carbonyl (C=O) groups is 2. The molecule has 0 aliphatic heterocycles. The second-order valence-electron chi connectivity index (χ2n) is 7.48. The Bertz CT molecular complexity index is 525. The number of ether oxygens (including phenoxy) is 2. The fraction of sp³-hybridized carbons (Fsp3) is 0.765. The third kappa shape index (κ3) is 1.68. The highest BCUT2D eigenvalue weighted by atomic mass is 16.6. The van der Waals surface area contributed by atoms with Gasteiger partial charge in [0.1, 0.15) is 0 Å². The van der Waals surface area contributed by atoms with Crippen LogP contribution in [0.25, 0.3) is 0 Å². The Kier molecular flexibility index (Phi) is 2.76. The quantitative estimate of drug-likeness (QED) is 0.454. The third-order valence-corrected chi connectivity index (χ3v) is 6.67. The Morgan fingerprint density at radius 3 is 2.62 bits per heavy atom. The number of esters is 2. The summed E-state index contributed by atoms with van der Waals surface area (Å²) >= 11 is 0. The van der Waals surface area contributed by atoms with Gasteiger partial charge in [-0.15, -0.1) is 0 Å². The second kappa shape index (κ2) is 4.34. The van der Waals surface area contributed by atoms with Crippen LogP contribution in [0, 0.1) is 40.9 Å². The molecule has 4 bridgehead atoms. The van der Waals surface area contributed by atoms with E-state index in [1.165, 1.54) is 13.5 Å². The molecule has 4 nitrogen and oxygen atoms in total. The molecule has 4 aliphatic rings. The number of hydrogen-bond donors (Lipinski definition) is 0. The van der Waals surface area contributed by atoms with Gasteiger partial charge in [0.15, 0.2) is 6.61 Å². The van der Waals surface area contributed by atoms with Gasteiger partial charge >= 0.3 is 11.9 Å². The zero-order valence-electron chi connectivity index (χ0n) is 12.6. The van der Waals surface area contributed by atoms with Crippen molar-refractivity contribution in [3.8, 4) is 0 Å². The molecule has 21 heavy (non-hydrogen) atoms. The largest absolute Gasteiger partial charge is 0.466 e. The topological polar surface area (TPSA) is 52.6 Å². The minimum Gasteiger partial charge on any atom is -0.466 e. The van der Waals surface area contributed by atoms with Crippen LogP contribution in [0.15, 0.2) is 12.2 Å². The van der Waals surface area contributed by atoms with Crippen LogP contribution in [0.4, 0.5) is 0 Å². The van der Waals surface area contributed by atoms with Gasteiger partial charge in [-0.05, 0) is 61.7 Å². The molecule has 7 unspecified atom stereocenters. The minimum absolute atomic E-state index is 0.203. The van der Waals surface area contributed by atoms with Crippen molar-refractivity contribution < 1.29 is 19.1 Å². The lowest BCUT2D eigenvalue weighted by molar-refractivity contribution is -0.168. The Morgan fingerprint density at radius 2 is 1.90 bits per heavy atom. The van der Waals surface area contributed by atoms with Crippen LogP contribution in [0.5, 0.6) is 0 Å². The van der Waals surface area contributed by atoms with Gasteiger partial charge in [0.05, 0.1) is 12.5 Å². The number of methoxy groups -OCH3 is 1. The molecule has 0 amide bonds. The predicted molar refractivity (Wildman–Crippen MR) is 75.0 cm³/mol. The van der Waals surface area contributed by atoms with Gasteiger partial charge in [-0.3, -0.25) is 4.79 Å². The molecule has 3 fully saturated rings. The molecule has 3 saturated carbocycles. The molecular formula is C17H22O4. The molecule has 4 heteroatoms. The lowest BCUT2D eigenvalue weighted by Gasteiger charge is -2.41. The molecule has 0 aromatic rings. The Morgan fingerprint density at radius 1 is 1.19 bits per heavy atom. The van der Waals surface area contributed by atoms with Crippen LogP contribution in [-0.4, -0.2) is 25.7 Å². The molecule has 0 heterocycles. The predicted octanol–water partition coefficient (Wildman–Crippen LogP) is 2.19. The number of fused-ring (bicyclic) bond motifs is 9. The monoisotopic (exact) mass is 290 g/mol. The molecule has 4 aliphatic carbocycles. The minimum atomic E-state index is -0.490. The van der Waals surface area contributed by atoms with Gasteiger partial charge in [0, 0.05) is 0 Å². The van der Waals surface area contributed by atoms with E-state index in [0.717, 1.165) is 24.7 Å². The van der Waals surface area contributed by atoms with Crippen LogP contribution < -0.4 is 0 Å². The number of carbonyl (C=O) groups excluding carboxylic acids is 2. The first-order valence-electron chi connectivity index (χ1n) is 7.97. The molecule has 0 radical (unpaired) electrons. The van der Waals surface area contributed by atoms with E-state index in [4.69, 9.17) is 4.74 Å². The third-order valence-electron chi connectivity index (χ3n) is 6.67. The molecule has 0 spiro atoms. The van der Waals surface area contributed by atoms with Crippen molar-refractivity contribution >= 4 is 11.9 Å². The average molecular weight is 290 g/mol. The molecule has 0 saturated heterocycles. The van der Waals surface area contributed by atoms with Gasteiger partial charge in [-0.1, -0.05) is 12.2 Å². The van der Waals surface area contributed by atoms with Crippen LogP contribution in [0.3, 0.4) is 0 Å². The van der Waals surface area contributed by atoms with Crippen LogP contribution in [-0.2, 0) is 19.1 Å². The summed E-state index contributed by atoms with van der Waals surface area (Å²) in [7, 11) is 1.31. The van der Waals surface area contributed by atoms with Crippen molar-refractivity contribution in [2.45, 2.75) is 26.2 Å². The fourth-order valence-electron chi connectivity index (χ4n) is 5.95. The van der Waals surface area contributed by atoms with Gasteiger partial charge in [-0.25, -0.2) is 4.79 Å². The van der Waals surface area contributed by atoms with Crippen LogP contribution in [0.1, 0.15) is 26.2 Å². The zero-order valence-corrected chi connectivity index (χ0v) is 12.6. The smallest absolute Gasteiger partial charge is 0.344 e. The van der Waals surface area contributed by atoms with Gasteiger partial charge in [-0.2, -0.15) is 0 Å². The van der Waals surface area contributed by atoms with Crippen LogP contribution in [0.2, 0.25) is 0 Å². The summed E-state index contributed by atoms with van der Waals surface area (Å²) in [5.41, 5.74) is -0.405. The van der Waals surface area contributed by atoms with Crippen molar-refractivity contribution in [2.75, 3.05) is 13.7 Å². The van der Waals surface area contributed by atoms with E-state index in [-0.39, 0.29) is 12.6 Å². The normalized spacial score (nSPS) is 48.5. The van der Waals surface area contributed by atoms with Crippen molar-refractivity contribution in [3.05, 3.63) is 12.2 Å². The first-order valence-corrected chi connectivity index (χ1v) is 7.97. The lowest BCUT2D eigenvalue weighted by Crippen LogP contribution is -2.43. The first-order chi connectivity index (χ1) is 10.0. The molecule has 7 atom stereocenters. The SMILES string of the molecule is COC(=O)COC(=O)C1(C)CC2CC1C1C3C=CC(C3)C21. The molecule has 114 valence electrons. The Labute approximate surface area is 124 Å². The maximum absolute atomic E-state index is 12.5. The standard InChI is InChI=1S/C17H22O4/c1-17(16(19)21-8-13(18)20-2)7-11-6-12(17)15-10-4-3-9(5-10)14(11)15/h3-4,9-12,14-15H,5-8H2,1-2H3. The van der Waals surface area contributed by atoms with E-state index >= 15 is 0 Å². The number of rotatable bonds is 3. The van der Waals surface area contributed by atoms with E-state index in [9.17, 15) is 9.59 Å². The Hall–Kier alpha value is -1.32. The highest BCUT2D eigenvalue weighted by Crippen LogP contribution is 2.70. The summed E-state index contributed by atoms with van der Waals surface area (Å²) in [5.74, 6) is 3.28. The number of allylic oxidation sites excluding steroid dienone is 2. The second-order valence-corrected chi connectivity index (χ2v) is 7.48. The highest BCUT2D eigenvalue weighted by Gasteiger charge is 2.67. The highest BCUT2D eigenvalue weighted by molar-refractivity contribution is 5.81. The maximum Gasteiger partial charge on any atom is 0.344 e. The number of hydrogen-bond acceptors (Lipinski definition) is 4. The first kappa shape index (κ1) is 13.4. The molecular weight excluding hydrogens is 268 g/mol. The van der Waals surface area contributed by atoms with E-state index in [2.05, 4.69) is 16.9 Å². The summed E-state index contributed by atoms with van der Waals surface area (Å²) in [6.07, 6.45) is 8.14. The molecule has 0 aromatic carbocycles.